The van der Waals surface area contributed by atoms with Gasteiger partial charge in [-0.2, -0.15) is 0 Å². The summed E-state index contributed by atoms with van der Waals surface area (Å²) < 4.78 is 0. The fraction of sp³-hybridized carbons (Fsp3) is 0.588. The Hall–Kier alpha value is -1.35. The Kier molecular flexibility index (Phi) is 4.48. The van der Waals surface area contributed by atoms with E-state index in [0.29, 0.717) is 18.9 Å². The Morgan fingerprint density at radius 1 is 1.35 bits per heavy atom. The van der Waals surface area contributed by atoms with E-state index in [1.807, 2.05) is 6.92 Å². The molecule has 0 radical (unpaired) electrons. The second-order valence-electron chi connectivity index (χ2n) is 6.46. The first-order chi connectivity index (χ1) is 9.44. The van der Waals surface area contributed by atoms with Gasteiger partial charge in [-0.3, -0.25) is 4.79 Å². The van der Waals surface area contributed by atoms with Gasteiger partial charge in [0.2, 0.25) is 5.91 Å². The summed E-state index contributed by atoms with van der Waals surface area (Å²) in [5.74, 6) is 0.376. The third kappa shape index (κ3) is 3.21. The lowest BCUT2D eigenvalue weighted by atomic mass is 9.88. The van der Waals surface area contributed by atoms with Crippen molar-refractivity contribution >= 4 is 5.91 Å². The van der Waals surface area contributed by atoms with Gasteiger partial charge in [0.15, 0.2) is 0 Å². The van der Waals surface area contributed by atoms with E-state index < -0.39 is 0 Å². The van der Waals surface area contributed by atoms with Gasteiger partial charge in [0, 0.05) is 6.54 Å². The number of carbonyl (C=O) groups is 1. The number of rotatable bonds is 5. The predicted octanol–water partition coefficient (Wildman–Crippen LogP) is 2.21. The minimum atomic E-state index is -0.326. The highest BCUT2D eigenvalue weighted by atomic mass is 16.1. The van der Waals surface area contributed by atoms with Crippen molar-refractivity contribution in [2.24, 2.45) is 11.7 Å². The zero-order valence-electron chi connectivity index (χ0n) is 12.8. The fourth-order valence-electron chi connectivity index (χ4n) is 2.71. The maximum absolute atomic E-state index is 12.2. The maximum atomic E-state index is 12.2. The number of amides is 1. The first-order valence-corrected chi connectivity index (χ1v) is 7.56. The molecule has 0 fully saturated rings. The van der Waals surface area contributed by atoms with Crippen molar-refractivity contribution in [2.75, 3.05) is 6.54 Å². The lowest BCUT2D eigenvalue weighted by molar-refractivity contribution is -0.122. The number of nitrogens with one attached hydrogen (secondary N) is 1. The van der Waals surface area contributed by atoms with E-state index in [2.05, 4.69) is 37.4 Å². The highest BCUT2D eigenvalue weighted by Gasteiger charge is 2.28. The maximum Gasteiger partial charge on any atom is 0.224 e. The van der Waals surface area contributed by atoms with E-state index >= 15 is 0 Å². The van der Waals surface area contributed by atoms with Crippen LogP contribution in [0.2, 0.25) is 0 Å². The summed E-state index contributed by atoms with van der Waals surface area (Å²) in [6.45, 7) is 6.64. The van der Waals surface area contributed by atoms with Gasteiger partial charge in [0.05, 0.1) is 12.0 Å². The van der Waals surface area contributed by atoms with Crippen LogP contribution >= 0.6 is 0 Å². The minimum absolute atomic E-state index is 0.0598. The lowest BCUT2D eigenvalue weighted by Crippen LogP contribution is -2.55. The molecule has 0 saturated heterocycles. The van der Waals surface area contributed by atoms with Crippen molar-refractivity contribution in [3.05, 3.63) is 34.9 Å². The molecule has 20 heavy (non-hydrogen) atoms. The predicted molar refractivity (Wildman–Crippen MR) is 82.6 cm³/mol. The van der Waals surface area contributed by atoms with Crippen LogP contribution < -0.4 is 11.1 Å². The molecule has 3 nitrogen and oxygen atoms in total. The number of carbonyl (C=O) groups excluding carboxylic acids is 1. The van der Waals surface area contributed by atoms with Crippen molar-refractivity contribution in [1.29, 1.82) is 0 Å². The van der Waals surface area contributed by atoms with Gasteiger partial charge in [0.25, 0.3) is 0 Å². The minimum Gasteiger partial charge on any atom is -0.349 e. The molecule has 0 aromatic heterocycles. The Labute approximate surface area is 121 Å². The molecule has 110 valence electrons. The molecule has 3 heteroatoms. The summed E-state index contributed by atoms with van der Waals surface area (Å²) >= 11 is 0. The molecule has 0 aliphatic heterocycles. The summed E-state index contributed by atoms with van der Waals surface area (Å²) in [5.41, 5.74) is 9.45. The zero-order chi connectivity index (χ0) is 14.8. The third-order valence-corrected chi connectivity index (χ3v) is 4.65. The van der Waals surface area contributed by atoms with Gasteiger partial charge in [-0.25, -0.2) is 0 Å². The molecule has 0 saturated carbocycles. The van der Waals surface area contributed by atoms with Gasteiger partial charge < -0.3 is 11.1 Å². The Bertz CT molecular complexity index is 496. The van der Waals surface area contributed by atoms with Crippen LogP contribution in [0.5, 0.6) is 0 Å². The Balaban J connectivity index is 2.01. The van der Waals surface area contributed by atoms with Crippen LogP contribution in [0.4, 0.5) is 0 Å². The lowest BCUT2D eigenvalue weighted by Gasteiger charge is -2.33. The quantitative estimate of drug-likeness (QED) is 0.865. The summed E-state index contributed by atoms with van der Waals surface area (Å²) in [6, 6.07) is 6.45. The number of nitrogens with two attached hydrogens (primary N) is 1. The van der Waals surface area contributed by atoms with Crippen LogP contribution in [-0.2, 0) is 24.1 Å². The van der Waals surface area contributed by atoms with Crippen molar-refractivity contribution in [1.82, 2.24) is 5.32 Å². The summed E-state index contributed by atoms with van der Waals surface area (Å²) in [6.07, 6.45) is 4.01. The first-order valence-electron chi connectivity index (χ1n) is 7.56. The molecule has 0 bridgehead atoms. The van der Waals surface area contributed by atoms with Crippen LogP contribution in [0, 0.1) is 5.92 Å². The average Bonchev–Trinajstić information content (AvgIpc) is 2.85. The second-order valence-corrected chi connectivity index (χ2v) is 6.46. The van der Waals surface area contributed by atoms with Crippen molar-refractivity contribution in [3.63, 3.8) is 0 Å². The molecule has 1 aliphatic carbocycles. The van der Waals surface area contributed by atoms with Gasteiger partial charge in [-0.05, 0) is 48.8 Å². The van der Waals surface area contributed by atoms with Gasteiger partial charge >= 0.3 is 0 Å². The van der Waals surface area contributed by atoms with E-state index in [1.165, 1.54) is 24.0 Å². The zero-order valence-corrected chi connectivity index (χ0v) is 12.8. The fourth-order valence-corrected chi connectivity index (χ4v) is 2.71. The van der Waals surface area contributed by atoms with E-state index in [4.69, 9.17) is 5.73 Å². The first kappa shape index (κ1) is 15.0. The summed E-state index contributed by atoms with van der Waals surface area (Å²) in [5, 5.41) is 3.09. The van der Waals surface area contributed by atoms with Crippen molar-refractivity contribution in [3.8, 4) is 0 Å². The number of hydrogen-bond acceptors (Lipinski definition) is 2. The van der Waals surface area contributed by atoms with Crippen LogP contribution in [0.15, 0.2) is 18.2 Å². The van der Waals surface area contributed by atoms with E-state index in [1.54, 1.807) is 0 Å². The number of fused-ring (bicyclic) bond motifs is 1. The Morgan fingerprint density at radius 3 is 2.70 bits per heavy atom. The molecule has 0 spiro atoms. The van der Waals surface area contributed by atoms with Crippen LogP contribution in [0.1, 0.15) is 43.9 Å². The Morgan fingerprint density at radius 2 is 2.05 bits per heavy atom. The number of aryl methyl sites for hydroxylation is 2. The molecule has 1 amide bonds. The molecule has 1 atom stereocenters. The largest absolute Gasteiger partial charge is 0.349 e. The van der Waals surface area contributed by atoms with Gasteiger partial charge in [-0.15, -0.1) is 0 Å². The second kappa shape index (κ2) is 5.96. The molecule has 3 N–H and O–H groups in total. The average molecular weight is 274 g/mol. The summed E-state index contributed by atoms with van der Waals surface area (Å²) in [7, 11) is 0. The smallest absolute Gasteiger partial charge is 0.224 e. The number of benzene rings is 1. The van der Waals surface area contributed by atoms with E-state index in [9.17, 15) is 4.79 Å². The SMILES string of the molecule is CC(C)C(C)(CN)NC(=O)Cc1ccc2c(c1)CCC2. The van der Waals surface area contributed by atoms with Crippen LogP contribution in [0.3, 0.4) is 0 Å². The van der Waals surface area contributed by atoms with Crippen LogP contribution in [0.25, 0.3) is 0 Å². The van der Waals surface area contributed by atoms with Gasteiger partial charge in [-0.1, -0.05) is 32.0 Å². The molecule has 1 aliphatic rings. The van der Waals surface area contributed by atoms with E-state index in [-0.39, 0.29) is 11.4 Å². The molecular formula is C17H26N2O. The molecule has 1 aromatic rings. The number of hydrogen-bond donors (Lipinski definition) is 2. The monoisotopic (exact) mass is 274 g/mol. The summed E-state index contributed by atoms with van der Waals surface area (Å²) in [4.78, 5) is 12.2. The molecule has 0 heterocycles. The molecule has 1 unspecified atom stereocenters. The van der Waals surface area contributed by atoms with E-state index in [0.717, 1.165) is 12.0 Å². The molecular weight excluding hydrogens is 248 g/mol. The van der Waals surface area contributed by atoms with Crippen LogP contribution in [-0.4, -0.2) is 18.0 Å². The normalized spacial score (nSPS) is 16.9. The highest BCUT2D eigenvalue weighted by Crippen LogP contribution is 2.23. The third-order valence-electron chi connectivity index (χ3n) is 4.65. The highest BCUT2D eigenvalue weighted by molar-refractivity contribution is 5.79. The van der Waals surface area contributed by atoms with Crippen molar-refractivity contribution in [2.45, 2.75) is 52.0 Å². The standard InChI is InChI=1S/C17H26N2O/c1-12(2)17(3,11-18)19-16(20)10-13-7-8-14-5-4-6-15(14)9-13/h7-9,12H,4-6,10-11,18H2,1-3H3,(H,19,20). The topological polar surface area (TPSA) is 55.1 Å². The van der Waals surface area contributed by atoms with Crippen molar-refractivity contribution < 1.29 is 4.79 Å². The molecule has 2 rings (SSSR count). The van der Waals surface area contributed by atoms with Gasteiger partial charge in [0.1, 0.15) is 0 Å². The molecule has 1 aromatic carbocycles.